The van der Waals surface area contributed by atoms with Crippen LogP contribution in [0.15, 0.2) is 42.5 Å². The second kappa shape index (κ2) is 6.24. The molecule has 1 fully saturated rings. The Morgan fingerprint density at radius 1 is 1.07 bits per heavy atom. The first-order valence-corrected chi connectivity index (χ1v) is 10.0. The van der Waals surface area contributed by atoms with Gasteiger partial charge in [-0.3, -0.25) is 4.79 Å². The predicted molar refractivity (Wildman–Crippen MR) is 107 cm³/mol. The van der Waals surface area contributed by atoms with E-state index in [-0.39, 0.29) is 17.1 Å². The van der Waals surface area contributed by atoms with Crippen molar-refractivity contribution in [1.29, 1.82) is 0 Å². The van der Waals surface area contributed by atoms with E-state index in [4.69, 9.17) is 16.7 Å². The first-order valence-electron chi connectivity index (χ1n) is 9.67. The maximum Gasteiger partial charge on any atom is 0.176 e. The molecule has 6 heteroatoms. The van der Waals surface area contributed by atoms with E-state index in [9.17, 15) is 4.79 Å². The Labute approximate surface area is 168 Å². The zero-order valence-corrected chi connectivity index (χ0v) is 16.6. The fraction of sp³-hybridized carbons (Fsp3) is 0.364. The van der Waals surface area contributed by atoms with Crippen LogP contribution in [-0.2, 0) is 6.42 Å². The molecule has 2 aliphatic carbocycles. The number of carbonyl (C=O) groups is 1. The van der Waals surface area contributed by atoms with Crippen LogP contribution in [0.1, 0.15) is 65.8 Å². The van der Waals surface area contributed by atoms with E-state index in [0.29, 0.717) is 16.9 Å². The van der Waals surface area contributed by atoms with Crippen molar-refractivity contribution in [2.45, 2.75) is 44.9 Å². The molecule has 1 aromatic carbocycles. The van der Waals surface area contributed by atoms with Crippen LogP contribution in [0.5, 0.6) is 0 Å². The van der Waals surface area contributed by atoms with Gasteiger partial charge in [0.15, 0.2) is 16.8 Å². The van der Waals surface area contributed by atoms with Gasteiger partial charge in [0.2, 0.25) is 0 Å². The fourth-order valence-electron chi connectivity index (χ4n) is 4.27. The molecule has 0 N–H and O–H groups in total. The van der Waals surface area contributed by atoms with Crippen molar-refractivity contribution in [2.75, 3.05) is 0 Å². The molecule has 2 aromatic heterocycles. The average molecular weight is 393 g/mol. The number of ketones is 1. The van der Waals surface area contributed by atoms with Crippen LogP contribution in [0.3, 0.4) is 0 Å². The number of hydrogen-bond donors (Lipinski definition) is 0. The normalized spacial score (nSPS) is 22.8. The van der Waals surface area contributed by atoms with Crippen molar-refractivity contribution in [3.63, 3.8) is 0 Å². The summed E-state index contributed by atoms with van der Waals surface area (Å²) < 4.78 is 1.81. The van der Waals surface area contributed by atoms with E-state index in [0.717, 1.165) is 36.2 Å². The maximum atomic E-state index is 13.3. The third-order valence-corrected chi connectivity index (χ3v) is 6.24. The summed E-state index contributed by atoms with van der Waals surface area (Å²) in [5, 5.41) is 13.4. The van der Waals surface area contributed by atoms with Crippen molar-refractivity contribution in [2.24, 2.45) is 5.41 Å². The molecule has 0 saturated heterocycles. The van der Waals surface area contributed by atoms with Crippen LogP contribution < -0.4 is 0 Å². The van der Waals surface area contributed by atoms with E-state index < -0.39 is 0 Å². The van der Waals surface area contributed by atoms with Crippen LogP contribution >= 0.6 is 11.6 Å². The molecule has 28 heavy (non-hydrogen) atoms. The van der Waals surface area contributed by atoms with Gasteiger partial charge in [0.05, 0.1) is 17.0 Å². The number of fused-ring (bicyclic) bond motifs is 1. The predicted octanol–water partition coefficient (Wildman–Crippen LogP) is 4.74. The zero-order valence-electron chi connectivity index (χ0n) is 15.9. The molecule has 2 atom stereocenters. The van der Waals surface area contributed by atoms with Gasteiger partial charge >= 0.3 is 0 Å². The van der Waals surface area contributed by atoms with Crippen molar-refractivity contribution in [3.8, 4) is 5.82 Å². The minimum Gasteiger partial charge on any atom is -0.293 e. The van der Waals surface area contributed by atoms with Crippen LogP contribution in [0.2, 0.25) is 5.15 Å². The molecule has 0 radical (unpaired) electrons. The standard InChI is InChI=1S/C22H21ClN4O/c1-22(2)11-10-16-19(21(22)28)20(15-12-14(15)13-6-4-3-5-7-13)26-27(16)18-9-8-17(23)24-25-18/h3-9,14-15H,10-12H2,1-2H3/t14-,15+/m0/s1. The van der Waals surface area contributed by atoms with Crippen molar-refractivity contribution in [3.05, 3.63) is 70.1 Å². The Kier molecular flexibility index (Phi) is 3.91. The Hall–Kier alpha value is -2.53. The molecule has 2 heterocycles. The zero-order chi connectivity index (χ0) is 19.5. The number of nitrogens with zero attached hydrogens (tertiary/aromatic N) is 4. The molecule has 0 spiro atoms. The minimum atomic E-state index is -0.363. The van der Waals surface area contributed by atoms with E-state index in [1.807, 2.05) is 24.6 Å². The monoisotopic (exact) mass is 392 g/mol. The highest BCUT2D eigenvalue weighted by molar-refractivity contribution is 6.29. The summed E-state index contributed by atoms with van der Waals surface area (Å²) >= 11 is 5.90. The van der Waals surface area contributed by atoms with E-state index in [2.05, 4.69) is 34.5 Å². The SMILES string of the molecule is CC1(C)CCc2c(c([C@@H]3C[C@H]3c3ccccc3)nn2-c2ccc(Cl)nn2)C1=O. The van der Waals surface area contributed by atoms with Gasteiger partial charge in [-0.25, -0.2) is 4.68 Å². The third kappa shape index (κ3) is 2.76. The van der Waals surface area contributed by atoms with Gasteiger partial charge in [0, 0.05) is 11.3 Å². The highest BCUT2D eigenvalue weighted by Crippen LogP contribution is 2.56. The molecular weight excluding hydrogens is 372 g/mol. The molecule has 0 bridgehead atoms. The molecule has 5 rings (SSSR count). The Bertz CT molecular complexity index is 1060. The highest BCUT2D eigenvalue weighted by atomic mass is 35.5. The first-order chi connectivity index (χ1) is 13.5. The summed E-state index contributed by atoms with van der Waals surface area (Å²) in [6, 6.07) is 14.0. The van der Waals surface area contributed by atoms with Gasteiger partial charge in [-0.15, -0.1) is 10.2 Å². The third-order valence-electron chi connectivity index (χ3n) is 6.04. The molecule has 2 aliphatic rings. The molecule has 0 aliphatic heterocycles. The van der Waals surface area contributed by atoms with Gasteiger partial charge in [0.1, 0.15) is 0 Å². The Morgan fingerprint density at radius 2 is 1.86 bits per heavy atom. The van der Waals surface area contributed by atoms with Crippen molar-refractivity contribution >= 4 is 17.4 Å². The minimum absolute atomic E-state index is 0.190. The lowest BCUT2D eigenvalue weighted by Crippen LogP contribution is -2.31. The van der Waals surface area contributed by atoms with E-state index in [1.54, 1.807) is 12.1 Å². The number of Topliss-reactive ketones (excluding diaryl/α,β-unsaturated/α-hetero) is 1. The smallest absolute Gasteiger partial charge is 0.176 e. The molecule has 3 aromatic rings. The largest absolute Gasteiger partial charge is 0.293 e. The second-order valence-corrected chi connectivity index (χ2v) is 8.79. The van der Waals surface area contributed by atoms with Crippen LogP contribution in [0.4, 0.5) is 0 Å². The van der Waals surface area contributed by atoms with Crippen LogP contribution in [0, 0.1) is 5.41 Å². The number of carbonyl (C=O) groups excluding carboxylic acids is 1. The summed E-state index contributed by atoms with van der Waals surface area (Å²) in [6.45, 7) is 4.06. The van der Waals surface area contributed by atoms with Crippen molar-refractivity contribution < 1.29 is 4.79 Å². The van der Waals surface area contributed by atoms with Gasteiger partial charge in [-0.1, -0.05) is 55.8 Å². The molecule has 1 saturated carbocycles. The number of hydrogen-bond acceptors (Lipinski definition) is 4. The summed E-state index contributed by atoms with van der Waals surface area (Å²) in [5.41, 5.74) is 3.62. The summed E-state index contributed by atoms with van der Waals surface area (Å²) in [7, 11) is 0. The number of aromatic nitrogens is 4. The molecular formula is C22H21ClN4O. The van der Waals surface area contributed by atoms with E-state index >= 15 is 0 Å². The van der Waals surface area contributed by atoms with E-state index in [1.165, 1.54) is 5.56 Å². The molecule has 0 unspecified atom stereocenters. The Morgan fingerprint density at radius 3 is 2.57 bits per heavy atom. The van der Waals surface area contributed by atoms with Gasteiger partial charge < -0.3 is 0 Å². The number of halogens is 1. The maximum absolute atomic E-state index is 13.3. The quantitative estimate of drug-likeness (QED) is 0.645. The number of benzene rings is 1. The Balaban J connectivity index is 1.61. The molecule has 142 valence electrons. The van der Waals surface area contributed by atoms with Crippen LogP contribution in [-0.4, -0.2) is 25.8 Å². The van der Waals surface area contributed by atoms with Crippen molar-refractivity contribution in [1.82, 2.24) is 20.0 Å². The summed E-state index contributed by atoms with van der Waals surface area (Å²) in [6.07, 6.45) is 2.62. The summed E-state index contributed by atoms with van der Waals surface area (Å²) in [5.74, 6) is 1.49. The lowest BCUT2D eigenvalue weighted by atomic mass is 9.74. The van der Waals surface area contributed by atoms with Crippen LogP contribution in [0.25, 0.3) is 5.82 Å². The topological polar surface area (TPSA) is 60.7 Å². The molecule has 0 amide bonds. The fourth-order valence-corrected chi connectivity index (χ4v) is 4.37. The molecule has 5 nitrogen and oxygen atoms in total. The van der Waals surface area contributed by atoms with Gasteiger partial charge in [-0.05, 0) is 42.9 Å². The second-order valence-electron chi connectivity index (χ2n) is 8.41. The lowest BCUT2D eigenvalue weighted by molar-refractivity contribution is 0.0809. The number of rotatable bonds is 3. The lowest BCUT2D eigenvalue weighted by Gasteiger charge is -2.28. The van der Waals surface area contributed by atoms with Gasteiger partial charge in [-0.2, -0.15) is 5.10 Å². The average Bonchev–Trinajstić information content (AvgIpc) is 3.40. The summed E-state index contributed by atoms with van der Waals surface area (Å²) in [4.78, 5) is 13.3. The highest BCUT2D eigenvalue weighted by Gasteiger charge is 2.47. The van der Waals surface area contributed by atoms with Gasteiger partial charge in [0.25, 0.3) is 0 Å². The first kappa shape index (κ1) is 17.6.